The van der Waals surface area contributed by atoms with E-state index >= 15 is 0 Å². The van der Waals surface area contributed by atoms with Gasteiger partial charge in [0.1, 0.15) is 16.1 Å². The van der Waals surface area contributed by atoms with Crippen molar-refractivity contribution in [3.63, 3.8) is 0 Å². The molecule has 4 aromatic heterocycles. The highest BCUT2D eigenvalue weighted by Gasteiger charge is 2.49. The lowest BCUT2D eigenvalue weighted by atomic mass is 9.63. The third-order valence-corrected chi connectivity index (χ3v) is 11.2. The number of likely N-dealkylation sites (N-methyl/N-ethyl adjacent to an activating group) is 1. The molecule has 10 nitrogen and oxygen atoms in total. The number of nitriles is 1. The molecule has 0 saturated carbocycles. The molecule has 2 N–H and O–H groups in total. The van der Waals surface area contributed by atoms with Crippen LogP contribution in [0.4, 0.5) is 5.00 Å². The molecule has 4 atom stereocenters. The van der Waals surface area contributed by atoms with Crippen molar-refractivity contribution in [2.24, 2.45) is 0 Å². The predicted octanol–water partition coefficient (Wildman–Crippen LogP) is 4.35. The largest absolute Gasteiger partial charge is 0.389 e. The van der Waals surface area contributed by atoms with Gasteiger partial charge in [-0.1, -0.05) is 5.16 Å². The Morgan fingerprint density at radius 3 is 2.80 bits per heavy atom. The van der Waals surface area contributed by atoms with Crippen molar-refractivity contribution in [2.45, 2.75) is 80.8 Å². The number of fused-ring (bicyclic) bond motifs is 5. The Morgan fingerprint density at radius 2 is 2.08 bits per heavy atom. The van der Waals surface area contributed by atoms with Gasteiger partial charge in [-0.3, -0.25) is 4.21 Å². The number of likely N-dealkylation sites (tertiary alicyclic amines) is 1. The molecule has 0 bridgehead atoms. The number of anilines is 1. The van der Waals surface area contributed by atoms with Crippen molar-refractivity contribution < 1.29 is 8.73 Å². The Bertz CT molecular complexity index is 1710. The molecule has 12 heteroatoms. The van der Waals surface area contributed by atoms with E-state index < -0.39 is 16.2 Å². The average molecular weight is 577 g/mol. The third-order valence-electron chi connectivity index (χ3n) is 9.28. The van der Waals surface area contributed by atoms with Crippen molar-refractivity contribution in [1.82, 2.24) is 29.8 Å². The molecule has 0 radical (unpaired) electrons. The number of hydrogen-bond acceptors (Lipinski definition) is 10. The van der Waals surface area contributed by atoms with E-state index in [0.717, 1.165) is 74.8 Å². The number of nitrogen functional groups attached to an aromatic ring is 1. The minimum atomic E-state index is -1.35. The zero-order valence-corrected chi connectivity index (χ0v) is 24.6. The second-order valence-corrected chi connectivity index (χ2v) is 13.9. The smallest absolute Gasteiger partial charge is 0.185 e. The van der Waals surface area contributed by atoms with E-state index in [2.05, 4.69) is 30.1 Å². The van der Waals surface area contributed by atoms with Crippen LogP contribution in [0.5, 0.6) is 0 Å². The third kappa shape index (κ3) is 3.63. The summed E-state index contributed by atoms with van der Waals surface area (Å²) in [5.74, 6) is 1.22. The maximum absolute atomic E-state index is 12.9. The summed E-state index contributed by atoms with van der Waals surface area (Å²) in [6.45, 7) is 3.24. The molecule has 0 aromatic carbocycles. The number of rotatable bonds is 4. The lowest BCUT2D eigenvalue weighted by Gasteiger charge is -2.39. The van der Waals surface area contributed by atoms with E-state index in [1.807, 2.05) is 4.68 Å². The molecule has 40 heavy (non-hydrogen) atoms. The van der Waals surface area contributed by atoms with Crippen molar-refractivity contribution in [2.75, 3.05) is 25.6 Å². The quantitative estimate of drug-likeness (QED) is 0.351. The molecule has 1 saturated heterocycles. The van der Waals surface area contributed by atoms with Crippen LogP contribution in [0.15, 0.2) is 15.7 Å². The van der Waals surface area contributed by atoms with Gasteiger partial charge in [-0.15, -0.1) is 11.3 Å². The molecular formula is C28H32N8O2S2. The Kier molecular flexibility index (Phi) is 6.10. The SMILES string of the molecule is C[C@@H]([C@@H]1CCCN1C)n1ncc2c(S(C)=O)nc(-c3noc4c3CCC[C@@]43CCCc4sc(N)c(C#N)c43)nc21. The Labute approximate surface area is 239 Å². The molecule has 1 unspecified atom stereocenters. The summed E-state index contributed by atoms with van der Waals surface area (Å²) in [5, 5.41) is 21.0. The molecule has 208 valence electrons. The minimum absolute atomic E-state index is 0.0921. The Hall–Kier alpha value is -3.14. The van der Waals surface area contributed by atoms with Gasteiger partial charge in [0.2, 0.25) is 0 Å². The van der Waals surface area contributed by atoms with Crippen LogP contribution in [0.3, 0.4) is 0 Å². The summed E-state index contributed by atoms with van der Waals surface area (Å²) >= 11 is 1.53. The molecule has 2 aliphatic carbocycles. The molecule has 0 amide bonds. The van der Waals surface area contributed by atoms with Gasteiger partial charge in [0, 0.05) is 22.7 Å². The van der Waals surface area contributed by atoms with E-state index in [1.54, 1.807) is 12.5 Å². The summed E-state index contributed by atoms with van der Waals surface area (Å²) in [7, 11) is 0.803. The molecule has 1 aliphatic heterocycles. The maximum Gasteiger partial charge on any atom is 0.185 e. The molecule has 3 aliphatic rings. The van der Waals surface area contributed by atoms with E-state index in [9.17, 15) is 9.47 Å². The van der Waals surface area contributed by atoms with Gasteiger partial charge in [0.25, 0.3) is 0 Å². The first-order valence-corrected chi connectivity index (χ1v) is 16.3. The van der Waals surface area contributed by atoms with Gasteiger partial charge in [0.15, 0.2) is 22.9 Å². The normalized spacial score (nSPS) is 24.2. The summed E-state index contributed by atoms with van der Waals surface area (Å²) in [6, 6.07) is 2.82. The van der Waals surface area contributed by atoms with Crippen LogP contribution in [-0.2, 0) is 29.1 Å². The summed E-state index contributed by atoms with van der Waals surface area (Å²) < 4.78 is 21.0. The monoisotopic (exact) mass is 576 g/mol. The van der Waals surface area contributed by atoms with Crippen LogP contribution in [0.1, 0.15) is 78.8 Å². The number of thiophene rings is 1. The fraction of sp³-hybridized carbons (Fsp3) is 0.536. The van der Waals surface area contributed by atoms with Gasteiger partial charge >= 0.3 is 0 Å². The highest BCUT2D eigenvalue weighted by Crippen LogP contribution is 2.55. The van der Waals surface area contributed by atoms with E-state index in [-0.39, 0.29) is 6.04 Å². The van der Waals surface area contributed by atoms with Crippen LogP contribution < -0.4 is 5.73 Å². The van der Waals surface area contributed by atoms with Crippen LogP contribution in [0.2, 0.25) is 0 Å². The number of aryl methyl sites for hydroxylation is 1. The van der Waals surface area contributed by atoms with E-state index in [0.29, 0.717) is 44.2 Å². The van der Waals surface area contributed by atoms with Gasteiger partial charge in [-0.05, 0) is 77.4 Å². The minimum Gasteiger partial charge on any atom is -0.389 e. The first-order chi connectivity index (χ1) is 19.3. The Balaban J connectivity index is 1.39. The van der Waals surface area contributed by atoms with Gasteiger partial charge < -0.3 is 15.2 Å². The molecule has 4 aromatic rings. The van der Waals surface area contributed by atoms with Crippen molar-refractivity contribution in [1.29, 1.82) is 5.26 Å². The fourth-order valence-electron chi connectivity index (χ4n) is 7.45. The number of aromatic nitrogens is 5. The standard InChI is InChI=1S/C28H32N8O2S2/c1-15(19-8-6-12-35(19)2)36-26-18(14-31-36)27(40(3)37)33-25(32-26)22-16-7-4-10-28(23(16)38-34-22)11-5-9-20-21(28)17(13-29)24(30)39-20/h14-15,19H,4-12,30H2,1-3H3/t15-,19-,28-,40?/m0/s1. The van der Waals surface area contributed by atoms with Gasteiger partial charge in [-0.25, -0.2) is 14.6 Å². The van der Waals surface area contributed by atoms with Crippen LogP contribution in [-0.4, -0.2) is 59.9 Å². The molecule has 7 rings (SSSR count). The van der Waals surface area contributed by atoms with Gasteiger partial charge in [-0.2, -0.15) is 10.4 Å². The molecular weight excluding hydrogens is 544 g/mol. The maximum atomic E-state index is 12.9. The number of hydrogen-bond donors (Lipinski definition) is 1. The first kappa shape index (κ1) is 25.8. The van der Waals surface area contributed by atoms with E-state index in [1.165, 1.54) is 16.2 Å². The zero-order chi connectivity index (χ0) is 27.8. The van der Waals surface area contributed by atoms with Gasteiger partial charge in [0.05, 0.1) is 39.4 Å². The van der Waals surface area contributed by atoms with Crippen LogP contribution in [0, 0.1) is 11.3 Å². The topological polar surface area (TPSA) is 140 Å². The summed E-state index contributed by atoms with van der Waals surface area (Å²) in [5.41, 5.74) is 9.75. The average Bonchev–Trinajstić information content (AvgIpc) is 3.72. The highest BCUT2D eigenvalue weighted by molar-refractivity contribution is 7.84. The van der Waals surface area contributed by atoms with Crippen molar-refractivity contribution in [3.8, 4) is 17.6 Å². The van der Waals surface area contributed by atoms with E-state index in [4.69, 9.17) is 25.3 Å². The zero-order valence-electron chi connectivity index (χ0n) is 22.9. The second-order valence-electron chi connectivity index (χ2n) is 11.4. The highest BCUT2D eigenvalue weighted by atomic mass is 32.2. The lowest BCUT2D eigenvalue weighted by molar-refractivity contribution is 0.232. The molecule has 1 fully saturated rings. The van der Waals surface area contributed by atoms with Crippen molar-refractivity contribution in [3.05, 3.63) is 33.5 Å². The second kappa shape index (κ2) is 9.46. The van der Waals surface area contributed by atoms with Crippen molar-refractivity contribution >= 4 is 38.2 Å². The number of nitrogens with zero attached hydrogens (tertiary/aromatic N) is 7. The molecule has 5 heterocycles. The summed E-state index contributed by atoms with van der Waals surface area (Å²) in [4.78, 5) is 13.3. The Morgan fingerprint density at radius 1 is 1.27 bits per heavy atom. The fourth-order valence-corrected chi connectivity index (χ4v) is 9.28. The molecule has 1 spiro atoms. The first-order valence-electron chi connectivity index (χ1n) is 13.9. The lowest BCUT2D eigenvalue weighted by Crippen LogP contribution is -2.35. The predicted molar refractivity (Wildman–Crippen MR) is 154 cm³/mol. The number of nitrogens with two attached hydrogens (primary N) is 1. The van der Waals surface area contributed by atoms with Crippen LogP contribution >= 0.6 is 11.3 Å². The van der Waals surface area contributed by atoms with Crippen LogP contribution in [0.25, 0.3) is 22.6 Å². The summed E-state index contributed by atoms with van der Waals surface area (Å²) in [6.07, 6.45) is 11.0.